The maximum Gasteiger partial charge on any atom is 0.263 e. The van der Waals surface area contributed by atoms with Crippen LogP contribution in [0, 0.1) is 0 Å². The van der Waals surface area contributed by atoms with Gasteiger partial charge in [0, 0.05) is 31.4 Å². The summed E-state index contributed by atoms with van der Waals surface area (Å²) in [5.41, 5.74) is 0.656. The smallest absolute Gasteiger partial charge is 0.263 e. The first-order chi connectivity index (χ1) is 8.46. The Morgan fingerprint density at radius 2 is 2.28 bits per heavy atom. The summed E-state index contributed by atoms with van der Waals surface area (Å²) in [4.78, 5) is 21.6. The summed E-state index contributed by atoms with van der Waals surface area (Å²) in [6.45, 7) is 4.02. The fourth-order valence-corrected chi connectivity index (χ4v) is 3.16. The summed E-state index contributed by atoms with van der Waals surface area (Å²) < 4.78 is 1.91. The fourth-order valence-electron chi connectivity index (χ4n) is 2.14. The molecule has 3 rings (SSSR count). The molecule has 0 aromatic carbocycles. The second-order valence-electron chi connectivity index (χ2n) is 5.17. The Morgan fingerprint density at radius 1 is 1.50 bits per heavy atom. The first-order valence-electron chi connectivity index (χ1n) is 5.76. The monoisotopic (exact) mass is 262 g/mol. The average Bonchev–Trinajstić information content (AvgIpc) is 2.82. The lowest BCUT2D eigenvalue weighted by Gasteiger charge is -2.29. The van der Waals surface area contributed by atoms with Crippen molar-refractivity contribution < 1.29 is 4.79 Å². The molecule has 0 fully saturated rings. The van der Waals surface area contributed by atoms with Crippen molar-refractivity contribution in [3.8, 4) is 10.8 Å². The van der Waals surface area contributed by atoms with Gasteiger partial charge in [0.1, 0.15) is 4.88 Å². The van der Waals surface area contributed by atoms with Crippen LogP contribution in [0.15, 0.2) is 12.4 Å². The van der Waals surface area contributed by atoms with Crippen molar-refractivity contribution in [3.63, 3.8) is 0 Å². The number of amides is 1. The average molecular weight is 262 g/mol. The summed E-state index contributed by atoms with van der Waals surface area (Å²) in [7, 11) is 1.92. The van der Waals surface area contributed by atoms with E-state index >= 15 is 0 Å². The van der Waals surface area contributed by atoms with Crippen LogP contribution in [0.5, 0.6) is 0 Å². The first-order valence-corrected chi connectivity index (χ1v) is 6.58. The molecule has 0 saturated carbocycles. The maximum absolute atomic E-state index is 12.0. The van der Waals surface area contributed by atoms with Gasteiger partial charge >= 0.3 is 0 Å². The second kappa shape index (κ2) is 3.65. The van der Waals surface area contributed by atoms with Crippen molar-refractivity contribution in [3.05, 3.63) is 23.0 Å². The van der Waals surface area contributed by atoms with Crippen LogP contribution in [0.25, 0.3) is 10.8 Å². The molecule has 0 bridgehead atoms. The highest BCUT2D eigenvalue weighted by Gasteiger charge is 2.33. The zero-order valence-electron chi connectivity index (χ0n) is 10.5. The van der Waals surface area contributed by atoms with E-state index in [9.17, 15) is 4.79 Å². The predicted octanol–water partition coefficient (Wildman–Crippen LogP) is 1.61. The zero-order valence-corrected chi connectivity index (χ0v) is 11.3. The molecule has 1 N–H and O–H groups in total. The third-order valence-corrected chi connectivity index (χ3v) is 4.07. The summed E-state index contributed by atoms with van der Waals surface area (Å²) in [6.07, 6.45) is 4.37. The minimum atomic E-state index is -0.225. The highest BCUT2D eigenvalue weighted by molar-refractivity contribution is 7.17. The van der Waals surface area contributed by atoms with Gasteiger partial charge in [0.25, 0.3) is 5.91 Å². The predicted molar refractivity (Wildman–Crippen MR) is 69.6 cm³/mol. The topological polar surface area (TPSA) is 59.8 Å². The Hall–Kier alpha value is -1.69. The fraction of sp³-hybridized carbons (Fsp3) is 0.417. The Morgan fingerprint density at radius 3 is 2.94 bits per heavy atom. The van der Waals surface area contributed by atoms with Crippen LogP contribution in [0.1, 0.15) is 29.2 Å². The van der Waals surface area contributed by atoms with E-state index in [0.717, 1.165) is 22.9 Å². The van der Waals surface area contributed by atoms with Gasteiger partial charge in [0.2, 0.25) is 0 Å². The van der Waals surface area contributed by atoms with E-state index in [1.54, 1.807) is 6.20 Å². The number of imidazole rings is 1. The molecule has 0 spiro atoms. The molecular formula is C12H14N4OS. The number of hydrogen-bond acceptors (Lipinski definition) is 4. The molecule has 0 saturated heterocycles. The highest BCUT2D eigenvalue weighted by Crippen LogP contribution is 2.31. The third kappa shape index (κ3) is 1.73. The SMILES string of the molecule is Cn1ccnc1-c1nc2c(s1)C(=O)NC(C)(C)C2. The molecule has 0 atom stereocenters. The molecule has 1 aliphatic heterocycles. The Kier molecular flexibility index (Phi) is 2.31. The van der Waals surface area contributed by atoms with Gasteiger partial charge in [-0.05, 0) is 13.8 Å². The minimum absolute atomic E-state index is 0.0285. The maximum atomic E-state index is 12.0. The number of hydrogen-bond donors (Lipinski definition) is 1. The van der Waals surface area contributed by atoms with Crippen molar-refractivity contribution in [2.45, 2.75) is 25.8 Å². The normalized spacial score (nSPS) is 17.4. The highest BCUT2D eigenvalue weighted by atomic mass is 32.1. The minimum Gasteiger partial charge on any atom is -0.346 e. The molecule has 0 unspecified atom stereocenters. The largest absolute Gasteiger partial charge is 0.346 e. The molecule has 3 heterocycles. The van der Waals surface area contributed by atoms with Gasteiger partial charge in [-0.1, -0.05) is 0 Å². The molecule has 2 aromatic rings. The number of nitrogens with zero attached hydrogens (tertiary/aromatic N) is 3. The van der Waals surface area contributed by atoms with E-state index in [1.165, 1.54) is 11.3 Å². The molecule has 1 amide bonds. The van der Waals surface area contributed by atoms with Gasteiger partial charge in [0.15, 0.2) is 10.8 Å². The van der Waals surface area contributed by atoms with E-state index in [0.29, 0.717) is 4.88 Å². The van der Waals surface area contributed by atoms with E-state index in [1.807, 2.05) is 31.7 Å². The third-order valence-electron chi connectivity index (χ3n) is 2.98. The lowest BCUT2D eigenvalue weighted by atomic mass is 9.94. The quantitative estimate of drug-likeness (QED) is 0.849. The summed E-state index contributed by atoms with van der Waals surface area (Å²) in [5.74, 6) is 0.777. The number of nitrogens with one attached hydrogen (secondary N) is 1. The van der Waals surface area contributed by atoms with Crippen LogP contribution in [0.3, 0.4) is 0 Å². The van der Waals surface area contributed by atoms with Gasteiger partial charge in [0.05, 0.1) is 5.69 Å². The molecule has 2 aromatic heterocycles. The van der Waals surface area contributed by atoms with Gasteiger partial charge in [-0.15, -0.1) is 11.3 Å². The molecule has 0 radical (unpaired) electrons. The van der Waals surface area contributed by atoms with Crippen LogP contribution in [0.4, 0.5) is 0 Å². The summed E-state index contributed by atoms with van der Waals surface area (Å²) >= 11 is 1.41. The van der Waals surface area contributed by atoms with Crippen LogP contribution < -0.4 is 5.32 Å². The van der Waals surface area contributed by atoms with Crippen molar-refractivity contribution in [2.24, 2.45) is 7.05 Å². The van der Waals surface area contributed by atoms with Crippen LogP contribution in [-0.2, 0) is 13.5 Å². The van der Waals surface area contributed by atoms with Crippen LogP contribution in [-0.4, -0.2) is 26.0 Å². The molecule has 1 aliphatic rings. The molecule has 6 heteroatoms. The zero-order chi connectivity index (χ0) is 12.9. The van der Waals surface area contributed by atoms with E-state index in [4.69, 9.17) is 0 Å². The Bertz CT molecular complexity index is 626. The first kappa shape index (κ1) is 11.4. The number of thiazole rings is 1. The van der Waals surface area contributed by atoms with Crippen LogP contribution >= 0.6 is 11.3 Å². The molecule has 18 heavy (non-hydrogen) atoms. The summed E-state index contributed by atoms with van der Waals surface area (Å²) in [5, 5.41) is 3.80. The van der Waals surface area contributed by atoms with Gasteiger partial charge < -0.3 is 9.88 Å². The Labute approximate surface area is 109 Å². The van der Waals surface area contributed by atoms with Crippen LogP contribution in [0.2, 0.25) is 0 Å². The number of carbonyl (C=O) groups excluding carboxylic acids is 1. The second-order valence-corrected chi connectivity index (χ2v) is 6.17. The number of fused-ring (bicyclic) bond motifs is 1. The van der Waals surface area contributed by atoms with Crippen molar-refractivity contribution in [1.29, 1.82) is 0 Å². The van der Waals surface area contributed by atoms with Gasteiger partial charge in [-0.2, -0.15) is 0 Å². The van der Waals surface area contributed by atoms with Gasteiger partial charge in [-0.3, -0.25) is 4.79 Å². The molecule has 94 valence electrons. The van der Waals surface area contributed by atoms with E-state index in [-0.39, 0.29) is 11.4 Å². The van der Waals surface area contributed by atoms with E-state index in [2.05, 4.69) is 15.3 Å². The van der Waals surface area contributed by atoms with Crippen molar-refractivity contribution in [1.82, 2.24) is 19.9 Å². The number of rotatable bonds is 1. The Balaban J connectivity index is 2.08. The van der Waals surface area contributed by atoms with Crippen molar-refractivity contribution >= 4 is 17.2 Å². The number of carbonyl (C=O) groups is 1. The number of aryl methyl sites for hydroxylation is 1. The molecule has 5 nitrogen and oxygen atoms in total. The van der Waals surface area contributed by atoms with Gasteiger partial charge in [-0.25, -0.2) is 9.97 Å². The van der Waals surface area contributed by atoms with E-state index < -0.39 is 0 Å². The molecular weight excluding hydrogens is 248 g/mol. The standard InChI is InChI=1S/C12H14N4OS/c1-12(2)6-7-8(10(17)15-12)18-11(14-7)9-13-4-5-16(9)3/h4-5H,6H2,1-3H3,(H,15,17). The lowest BCUT2D eigenvalue weighted by Crippen LogP contribution is -2.48. The molecule has 0 aliphatic carbocycles. The number of aromatic nitrogens is 3. The summed E-state index contributed by atoms with van der Waals surface area (Å²) in [6, 6.07) is 0. The lowest BCUT2D eigenvalue weighted by molar-refractivity contribution is 0.0901. The van der Waals surface area contributed by atoms with Crippen molar-refractivity contribution in [2.75, 3.05) is 0 Å².